The second kappa shape index (κ2) is 3.02. The molecule has 0 unspecified atom stereocenters. The first kappa shape index (κ1) is 8.83. The number of hydrogen-bond acceptors (Lipinski definition) is 3. The zero-order chi connectivity index (χ0) is 10.4. The summed E-state index contributed by atoms with van der Waals surface area (Å²) in [5.41, 5.74) is 6.60. The first-order valence-corrected chi connectivity index (χ1v) is 5.24. The molecule has 1 aromatic rings. The highest BCUT2D eigenvalue weighted by molar-refractivity contribution is 5.67. The number of nitrogen functional groups attached to an aromatic ring is 1. The second-order valence-corrected chi connectivity index (χ2v) is 4.15. The quantitative estimate of drug-likeness (QED) is 0.660. The van der Waals surface area contributed by atoms with Gasteiger partial charge in [0.25, 0.3) is 0 Å². The Bertz CT molecular complexity index is 408. The van der Waals surface area contributed by atoms with Crippen molar-refractivity contribution in [1.29, 1.82) is 0 Å². The van der Waals surface area contributed by atoms with Crippen molar-refractivity contribution in [3.8, 4) is 5.75 Å². The van der Waals surface area contributed by atoms with Crippen molar-refractivity contribution in [1.82, 2.24) is 0 Å². The van der Waals surface area contributed by atoms with Crippen LogP contribution in [-0.4, -0.2) is 19.2 Å². The molecule has 0 saturated carbocycles. The number of halogens is 1. The van der Waals surface area contributed by atoms with E-state index in [0.29, 0.717) is 29.8 Å². The van der Waals surface area contributed by atoms with Gasteiger partial charge in [-0.25, -0.2) is 4.39 Å². The maximum atomic E-state index is 13.8. The van der Waals surface area contributed by atoms with Crippen LogP contribution in [0.15, 0.2) is 12.1 Å². The summed E-state index contributed by atoms with van der Waals surface area (Å²) in [6.07, 6.45) is 2.19. The Balaban J connectivity index is 2.12. The first-order valence-electron chi connectivity index (χ1n) is 5.24. The van der Waals surface area contributed by atoms with Crippen molar-refractivity contribution in [2.24, 2.45) is 0 Å². The van der Waals surface area contributed by atoms with Crippen LogP contribution in [0.25, 0.3) is 0 Å². The van der Waals surface area contributed by atoms with Gasteiger partial charge in [0, 0.05) is 18.3 Å². The summed E-state index contributed by atoms with van der Waals surface area (Å²) in [6, 6.07) is 3.41. The van der Waals surface area contributed by atoms with Crippen molar-refractivity contribution in [3.63, 3.8) is 0 Å². The second-order valence-electron chi connectivity index (χ2n) is 4.15. The number of hydrogen-bond donors (Lipinski definition) is 1. The number of nitrogens with two attached hydrogens (primary N) is 1. The fourth-order valence-electron chi connectivity index (χ4n) is 2.47. The molecule has 2 aliphatic rings. The molecule has 2 aliphatic heterocycles. The molecule has 3 rings (SSSR count). The van der Waals surface area contributed by atoms with Crippen molar-refractivity contribution in [2.75, 3.05) is 23.8 Å². The highest BCUT2D eigenvalue weighted by Gasteiger charge is 2.33. The maximum Gasteiger partial charge on any atom is 0.152 e. The van der Waals surface area contributed by atoms with Gasteiger partial charge in [-0.2, -0.15) is 0 Å². The first-order chi connectivity index (χ1) is 7.25. The average molecular weight is 208 g/mol. The fraction of sp³-hybridized carbons (Fsp3) is 0.455. The SMILES string of the molecule is Nc1cc(F)c2c(c1)OC[C@@H]1CCCN21. The summed E-state index contributed by atoms with van der Waals surface area (Å²) < 4.78 is 19.3. The normalized spacial score (nSPS) is 23.3. The molecule has 3 nitrogen and oxygen atoms in total. The van der Waals surface area contributed by atoms with Gasteiger partial charge in [0.1, 0.15) is 18.0 Å². The molecule has 0 radical (unpaired) electrons. The summed E-state index contributed by atoms with van der Waals surface area (Å²) in [5.74, 6) is 0.322. The summed E-state index contributed by atoms with van der Waals surface area (Å²) in [5, 5.41) is 0. The van der Waals surface area contributed by atoms with Gasteiger partial charge in [0.05, 0.1) is 6.04 Å². The summed E-state index contributed by atoms with van der Waals surface area (Å²) >= 11 is 0. The number of fused-ring (bicyclic) bond motifs is 3. The number of ether oxygens (including phenoxy) is 1. The predicted octanol–water partition coefficient (Wildman–Crippen LogP) is 1.77. The van der Waals surface area contributed by atoms with Gasteiger partial charge in [-0.1, -0.05) is 0 Å². The number of rotatable bonds is 0. The molecule has 15 heavy (non-hydrogen) atoms. The Kier molecular flexibility index (Phi) is 1.78. The van der Waals surface area contributed by atoms with Gasteiger partial charge in [-0.05, 0) is 18.9 Å². The van der Waals surface area contributed by atoms with Crippen LogP contribution >= 0.6 is 0 Å². The van der Waals surface area contributed by atoms with E-state index >= 15 is 0 Å². The molecule has 0 amide bonds. The van der Waals surface area contributed by atoms with Crippen LogP contribution in [0.2, 0.25) is 0 Å². The van der Waals surface area contributed by atoms with E-state index in [2.05, 4.69) is 4.90 Å². The Labute approximate surface area is 87.6 Å². The van der Waals surface area contributed by atoms with Gasteiger partial charge < -0.3 is 15.4 Å². The summed E-state index contributed by atoms with van der Waals surface area (Å²) in [6.45, 7) is 1.57. The minimum atomic E-state index is -0.267. The number of nitrogens with zero attached hydrogens (tertiary/aromatic N) is 1. The van der Waals surface area contributed by atoms with Crippen molar-refractivity contribution >= 4 is 11.4 Å². The minimum Gasteiger partial charge on any atom is -0.489 e. The van der Waals surface area contributed by atoms with E-state index in [1.807, 2.05) is 0 Å². The molecular weight excluding hydrogens is 195 g/mol. The largest absolute Gasteiger partial charge is 0.489 e. The molecule has 0 spiro atoms. The Hall–Kier alpha value is -1.45. The van der Waals surface area contributed by atoms with Gasteiger partial charge in [0.2, 0.25) is 0 Å². The minimum absolute atomic E-state index is 0.267. The highest BCUT2D eigenvalue weighted by atomic mass is 19.1. The lowest BCUT2D eigenvalue weighted by molar-refractivity contribution is 0.269. The summed E-state index contributed by atoms with van der Waals surface area (Å²) in [7, 11) is 0. The third-order valence-electron chi connectivity index (χ3n) is 3.15. The lowest BCUT2D eigenvalue weighted by Gasteiger charge is -2.33. The van der Waals surface area contributed by atoms with E-state index in [9.17, 15) is 4.39 Å². The third kappa shape index (κ3) is 1.24. The van der Waals surface area contributed by atoms with Crippen LogP contribution in [0, 0.1) is 5.82 Å². The molecule has 1 fully saturated rings. The van der Waals surface area contributed by atoms with Gasteiger partial charge in [-0.15, -0.1) is 0 Å². The summed E-state index contributed by atoms with van der Waals surface area (Å²) in [4.78, 5) is 2.10. The monoisotopic (exact) mass is 208 g/mol. The Morgan fingerprint density at radius 2 is 2.33 bits per heavy atom. The van der Waals surface area contributed by atoms with Gasteiger partial charge in [-0.3, -0.25) is 0 Å². The van der Waals surface area contributed by atoms with Gasteiger partial charge >= 0.3 is 0 Å². The zero-order valence-electron chi connectivity index (χ0n) is 8.37. The molecule has 80 valence electrons. The van der Waals surface area contributed by atoms with E-state index in [0.717, 1.165) is 19.4 Å². The van der Waals surface area contributed by atoms with E-state index < -0.39 is 0 Å². The number of benzene rings is 1. The van der Waals surface area contributed by atoms with Gasteiger partial charge in [0.15, 0.2) is 5.82 Å². The average Bonchev–Trinajstić information content (AvgIpc) is 2.63. The van der Waals surface area contributed by atoms with Crippen molar-refractivity contribution < 1.29 is 9.13 Å². The Morgan fingerprint density at radius 1 is 1.47 bits per heavy atom. The van der Waals surface area contributed by atoms with Crippen LogP contribution in [0.1, 0.15) is 12.8 Å². The molecule has 0 bridgehead atoms. The topological polar surface area (TPSA) is 38.5 Å². The number of anilines is 2. The van der Waals surface area contributed by atoms with E-state index in [-0.39, 0.29) is 5.82 Å². The molecule has 0 aromatic heterocycles. The maximum absolute atomic E-state index is 13.8. The molecule has 4 heteroatoms. The molecule has 2 N–H and O–H groups in total. The third-order valence-corrected chi connectivity index (χ3v) is 3.15. The highest BCUT2D eigenvalue weighted by Crippen LogP contribution is 2.41. The van der Waals surface area contributed by atoms with Crippen LogP contribution in [0.3, 0.4) is 0 Å². The van der Waals surface area contributed by atoms with E-state index in [1.165, 1.54) is 6.07 Å². The van der Waals surface area contributed by atoms with Crippen molar-refractivity contribution in [2.45, 2.75) is 18.9 Å². The van der Waals surface area contributed by atoms with Crippen LogP contribution in [-0.2, 0) is 0 Å². The zero-order valence-corrected chi connectivity index (χ0v) is 8.37. The lowest BCUT2D eigenvalue weighted by atomic mass is 10.1. The molecule has 1 aromatic carbocycles. The lowest BCUT2D eigenvalue weighted by Crippen LogP contribution is -2.38. The van der Waals surface area contributed by atoms with E-state index in [4.69, 9.17) is 10.5 Å². The standard InChI is InChI=1S/C11H13FN2O/c12-9-4-7(13)5-10-11(9)14-3-1-2-8(14)6-15-10/h4-5,8H,1-3,6,13H2/t8-/m0/s1. The molecule has 1 atom stereocenters. The van der Waals surface area contributed by atoms with E-state index in [1.54, 1.807) is 6.07 Å². The van der Waals surface area contributed by atoms with Crippen LogP contribution in [0.4, 0.5) is 15.8 Å². The van der Waals surface area contributed by atoms with Crippen LogP contribution in [0.5, 0.6) is 5.75 Å². The predicted molar refractivity (Wildman–Crippen MR) is 56.7 cm³/mol. The molecule has 1 saturated heterocycles. The molecular formula is C11H13FN2O. The smallest absolute Gasteiger partial charge is 0.152 e. The van der Waals surface area contributed by atoms with Crippen molar-refractivity contribution in [3.05, 3.63) is 17.9 Å². The molecule has 0 aliphatic carbocycles. The fourth-order valence-corrected chi connectivity index (χ4v) is 2.47. The Morgan fingerprint density at radius 3 is 3.20 bits per heavy atom. The molecule has 2 heterocycles. The van der Waals surface area contributed by atoms with Crippen LogP contribution < -0.4 is 15.4 Å².